The Morgan fingerprint density at radius 2 is 1.38 bits per heavy atom. The number of hydrogen-bond acceptors (Lipinski definition) is 4. The van der Waals surface area contributed by atoms with Crippen LogP contribution in [0.5, 0.6) is 0 Å². The fourth-order valence-electron chi connectivity index (χ4n) is 1.80. The van der Waals surface area contributed by atoms with Crippen LogP contribution >= 0.6 is 0 Å². The molecule has 0 aliphatic rings. The summed E-state index contributed by atoms with van der Waals surface area (Å²) in [6.07, 6.45) is 2.25. The molecule has 0 radical (unpaired) electrons. The maximum Gasteiger partial charge on any atom is 0.249 e. The molecule has 1 rings (SSSR count). The molecule has 0 aliphatic carbocycles. The van der Waals surface area contributed by atoms with Crippen molar-refractivity contribution in [2.75, 3.05) is 38.6 Å². The molecule has 0 fully saturated rings. The molecule has 0 atom stereocenters. The maximum atomic E-state index is 11.3. The van der Waals surface area contributed by atoms with Crippen molar-refractivity contribution in [1.29, 1.82) is 0 Å². The SMILES string of the molecule is CC.CCC.CCN(C)CCCN(C)c1c(C)c(=O)c1=O. The van der Waals surface area contributed by atoms with E-state index in [2.05, 4.69) is 32.7 Å². The highest BCUT2D eigenvalue weighted by atomic mass is 16.2. The van der Waals surface area contributed by atoms with Crippen molar-refractivity contribution in [1.82, 2.24) is 4.90 Å². The number of nitrogens with zero attached hydrogens (tertiary/aromatic N) is 2. The molecule has 1 aromatic rings. The Morgan fingerprint density at radius 1 is 0.905 bits per heavy atom. The standard InChI is InChI=1S/C12H20N2O2.C3H8.C2H6/c1-5-13(3)7-6-8-14(4)10-9(2)11(15)12(10)16;1-3-2;1-2/h5-8H2,1-4H3;3H2,1-2H3;1-2H3. The van der Waals surface area contributed by atoms with Crippen LogP contribution in [0.25, 0.3) is 0 Å². The Bertz CT molecular complexity index is 434. The quantitative estimate of drug-likeness (QED) is 0.757. The van der Waals surface area contributed by atoms with Crippen molar-refractivity contribution in [3.63, 3.8) is 0 Å². The highest BCUT2D eigenvalue weighted by Gasteiger charge is 2.19. The molecule has 21 heavy (non-hydrogen) atoms. The van der Waals surface area contributed by atoms with Crippen molar-refractivity contribution in [2.45, 2.75) is 54.4 Å². The van der Waals surface area contributed by atoms with E-state index in [9.17, 15) is 9.59 Å². The monoisotopic (exact) mass is 298 g/mol. The number of hydrogen-bond donors (Lipinski definition) is 0. The Balaban J connectivity index is 0. The third-order valence-electron chi connectivity index (χ3n) is 3.07. The Labute approximate surface area is 130 Å². The molecule has 0 spiro atoms. The third-order valence-corrected chi connectivity index (χ3v) is 3.07. The first-order valence-corrected chi connectivity index (χ1v) is 8.10. The molecule has 0 N–H and O–H groups in total. The van der Waals surface area contributed by atoms with Gasteiger partial charge in [-0.15, -0.1) is 0 Å². The van der Waals surface area contributed by atoms with Crippen LogP contribution in [0.4, 0.5) is 5.69 Å². The molecule has 4 heteroatoms. The lowest BCUT2D eigenvalue weighted by atomic mass is 10.1. The van der Waals surface area contributed by atoms with Crippen molar-refractivity contribution >= 4 is 5.69 Å². The van der Waals surface area contributed by atoms with Gasteiger partial charge in [-0.3, -0.25) is 9.59 Å². The Hall–Kier alpha value is -1.16. The summed E-state index contributed by atoms with van der Waals surface area (Å²) >= 11 is 0. The molecular formula is C17H34N2O2. The first-order chi connectivity index (χ1) is 9.90. The van der Waals surface area contributed by atoms with Gasteiger partial charge in [-0.05, 0) is 33.5 Å². The molecule has 0 saturated heterocycles. The van der Waals surface area contributed by atoms with Crippen molar-refractivity contribution < 1.29 is 0 Å². The van der Waals surface area contributed by atoms with Crippen LogP contribution in [0.1, 0.15) is 53.0 Å². The van der Waals surface area contributed by atoms with Gasteiger partial charge in [0.05, 0.1) is 5.69 Å². The molecular weight excluding hydrogens is 264 g/mol. The summed E-state index contributed by atoms with van der Waals surface area (Å²) in [6, 6.07) is 0. The van der Waals surface area contributed by atoms with Crippen LogP contribution in [0, 0.1) is 6.92 Å². The lowest BCUT2D eigenvalue weighted by molar-refractivity contribution is 0.348. The van der Waals surface area contributed by atoms with Crippen LogP contribution in [-0.4, -0.2) is 38.6 Å². The van der Waals surface area contributed by atoms with E-state index in [1.807, 2.05) is 25.8 Å². The van der Waals surface area contributed by atoms with Gasteiger partial charge < -0.3 is 9.80 Å². The smallest absolute Gasteiger partial charge is 0.249 e. The second-order valence-corrected chi connectivity index (χ2v) is 5.01. The lowest BCUT2D eigenvalue weighted by Crippen LogP contribution is -2.41. The second-order valence-electron chi connectivity index (χ2n) is 5.01. The minimum atomic E-state index is -0.330. The summed E-state index contributed by atoms with van der Waals surface area (Å²) < 4.78 is 0. The zero-order valence-corrected chi connectivity index (χ0v) is 15.2. The molecule has 4 nitrogen and oxygen atoms in total. The van der Waals surface area contributed by atoms with Crippen molar-refractivity contribution in [3.8, 4) is 0 Å². The highest BCUT2D eigenvalue weighted by molar-refractivity contribution is 5.57. The summed E-state index contributed by atoms with van der Waals surface area (Å²) in [6.45, 7) is 14.9. The van der Waals surface area contributed by atoms with E-state index in [1.165, 1.54) is 6.42 Å². The zero-order valence-electron chi connectivity index (χ0n) is 15.2. The van der Waals surface area contributed by atoms with Gasteiger partial charge in [-0.2, -0.15) is 0 Å². The minimum absolute atomic E-state index is 0.326. The van der Waals surface area contributed by atoms with E-state index >= 15 is 0 Å². The van der Waals surface area contributed by atoms with Gasteiger partial charge in [0.1, 0.15) is 0 Å². The Kier molecular flexibility index (Phi) is 13.2. The first-order valence-electron chi connectivity index (χ1n) is 8.10. The van der Waals surface area contributed by atoms with Gasteiger partial charge >= 0.3 is 0 Å². The molecule has 0 aliphatic heterocycles. The van der Waals surface area contributed by atoms with Gasteiger partial charge in [-0.1, -0.05) is 41.0 Å². The highest BCUT2D eigenvalue weighted by Crippen LogP contribution is 2.11. The van der Waals surface area contributed by atoms with Crippen LogP contribution in [0.15, 0.2) is 9.59 Å². The number of anilines is 1. The average molecular weight is 298 g/mol. The van der Waals surface area contributed by atoms with E-state index in [0.717, 1.165) is 26.1 Å². The van der Waals surface area contributed by atoms with Crippen LogP contribution in [0.2, 0.25) is 0 Å². The predicted octanol–water partition coefficient (Wildman–Crippen LogP) is 2.81. The topological polar surface area (TPSA) is 40.6 Å². The van der Waals surface area contributed by atoms with Crippen LogP contribution in [-0.2, 0) is 0 Å². The second kappa shape index (κ2) is 12.6. The van der Waals surface area contributed by atoms with Gasteiger partial charge in [0.2, 0.25) is 10.9 Å². The van der Waals surface area contributed by atoms with Gasteiger partial charge in [-0.25, -0.2) is 0 Å². The van der Waals surface area contributed by atoms with E-state index < -0.39 is 0 Å². The summed E-state index contributed by atoms with van der Waals surface area (Å²) in [7, 11) is 3.94. The molecule has 0 heterocycles. The summed E-state index contributed by atoms with van der Waals surface area (Å²) in [4.78, 5) is 26.5. The lowest BCUT2D eigenvalue weighted by Gasteiger charge is -2.23. The fourth-order valence-corrected chi connectivity index (χ4v) is 1.80. The van der Waals surface area contributed by atoms with Crippen LogP contribution < -0.4 is 15.8 Å². The van der Waals surface area contributed by atoms with E-state index in [-0.39, 0.29) is 10.9 Å². The number of rotatable bonds is 6. The molecule has 1 aromatic carbocycles. The third kappa shape index (κ3) is 7.42. The maximum absolute atomic E-state index is 11.3. The molecule has 0 bridgehead atoms. The van der Waals surface area contributed by atoms with Crippen molar-refractivity contribution in [3.05, 3.63) is 26.0 Å². The predicted molar refractivity (Wildman–Crippen MR) is 94.5 cm³/mol. The first kappa shape index (κ1) is 22.1. The van der Waals surface area contributed by atoms with Gasteiger partial charge in [0.15, 0.2) is 0 Å². The molecule has 0 amide bonds. The summed E-state index contributed by atoms with van der Waals surface area (Å²) in [5.41, 5.74) is 0.553. The fraction of sp³-hybridized carbons (Fsp3) is 0.765. The van der Waals surface area contributed by atoms with E-state index in [0.29, 0.717) is 11.3 Å². The largest absolute Gasteiger partial charge is 0.371 e. The van der Waals surface area contributed by atoms with Crippen LogP contribution in [0.3, 0.4) is 0 Å². The molecule has 0 unspecified atom stereocenters. The molecule has 0 saturated carbocycles. The van der Waals surface area contributed by atoms with E-state index in [1.54, 1.807) is 6.92 Å². The summed E-state index contributed by atoms with van der Waals surface area (Å²) in [5, 5.41) is 0. The normalized spacial score (nSPS) is 9.76. The van der Waals surface area contributed by atoms with Gasteiger partial charge in [0, 0.05) is 19.2 Å². The molecule has 124 valence electrons. The summed E-state index contributed by atoms with van der Waals surface area (Å²) in [5.74, 6) is 0. The zero-order chi connectivity index (χ0) is 17.0. The van der Waals surface area contributed by atoms with Crippen molar-refractivity contribution in [2.24, 2.45) is 0 Å². The minimum Gasteiger partial charge on any atom is -0.371 e. The average Bonchev–Trinajstić information content (AvgIpc) is 2.49. The van der Waals surface area contributed by atoms with Gasteiger partial charge in [0.25, 0.3) is 0 Å². The molecule has 0 aromatic heterocycles. The van der Waals surface area contributed by atoms with E-state index in [4.69, 9.17) is 0 Å². The Morgan fingerprint density at radius 3 is 1.76 bits per heavy atom.